The van der Waals surface area contributed by atoms with Gasteiger partial charge in [0.05, 0.1) is 23.8 Å². The van der Waals surface area contributed by atoms with Crippen LogP contribution in [0.1, 0.15) is 50.6 Å². The summed E-state index contributed by atoms with van der Waals surface area (Å²) in [4.78, 5) is 39.1. The highest BCUT2D eigenvalue weighted by atomic mass is 16.2. The monoisotopic (exact) mass is 423 g/mol. The summed E-state index contributed by atoms with van der Waals surface area (Å²) in [5.74, 6) is -0.700. The van der Waals surface area contributed by atoms with Gasteiger partial charge in [-0.2, -0.15) is 5.10 Å². The maximum atomic E-state index is 12.7. The van der Waals surface area contributed by atoms with Crippen molar-refractivity contribution in [1.82, 2.24) is 20.0 Å². The summed E-state index contributed by atoms with van der Waals surface area (Å²) in [7, 11) is 0. The molecule has 2 aliphatic rings. The predicted molar refractivity (Wildman–Crippen MR) is 116 cm³/mol. The molecule has 2 N–H and O–H groups in total. The number of aromatic nitrogens is 2. The van der Waals surface area contributed by atoms with Gasteiger partial charge in [-0.15, -0.1) is 0 Å². The van der Waals surface area contributed by atoms with Gasteiger partial charge in [0.1, 0.15) is 6.54 Å². The number of hydrogen-bond donors (Lipinski definition) is 2. The van der Waals surface area contributed by atoms with Crippen LogP contribution in [0.2, 0.25) is 0 Å². The van der Waals surface area contributed by atoms with Crippen LogP contribution in [0, 0.1) is 5.92 Å². The Hall–Kier alpha value is -3.16. The molecule has 8 nitrogen and oxygen atoms in total. The SMILES string of the molecule is CC(c1ccccc1)N1CC(C(=O)Nc2cnn(CC(=O)NC3CCCC3)c2)CC1=O. The summed E-state index contributed by atoms with van der Waals surface area (Å²) < 4.78 is 1.52. The van der Waals surface area contributed by atoms with Crippen LogP contribution in [0.4, 0.5) is 5.69 Å². The van der Waals surface area contributed by atoms with Gasteiger partial charge in [-0.1, -0.05) is 43.2 Å². The van der Waals surface area contributed by atoms with E-state index in [1.807, 2.05) is 37.3 Å². The van der Waals surface area contributed by atoms with E-state index in [1.165, 1.54) is 10.9 Å². The van der Waals surface area contributed by atoms with Gasteiger partial charge in [-0.05, 0) is 25.3 Å². The summed E-state index contributed by atoms with van der Waals surface area (Å²) >= 11 is 0. The summed E-state index contributed by atoms with van der Waals surface area (Å²) in [6, 6.07) is 10.0. The highest BCUT2D eigenvalue weighted by Crippen LogP contribution is 2.29. The number of benzene rings is 1. The number of rotatable bonds is 7. The van der Waals surface area contributed by atoms with Crippen LogP contribution < -0.4 is 10.6 Å². The Balaban J connectivity index is 1.29. The number of amides is 3. The first-order valence-electron chi connectivity index (χ1n) is 11.0. The largest absolute Gasteiger partial charge is 0.352 e. The lowest BCUT2D eigenvalue weighted by Crippen LogP contribution is -2.35. The molecule has 3 amide bonds. The number of hydrogen-bond acceptors (Lipinski definition) is 4. The van der Waals surface area contributed by atoms with E-state index in [4.69, 9.17) is 0 Å². The Kier molecular flexibility index (Phi) is 6.34. The molecule has 0 spiro atoms. The molecule has 2 heterocycles. The van der Waals surface area contributed by atoms with Crippen molar-refractivity contribution in [2.45, 2.75) is 57.7 Å². The van der Waals surface area contributed by atoms with E-state index >= 15 is 0 Å². The molecule has 1 saturated heterocycles. The van der Waals surface area contributed by atoms with Crippen molar-refractivity contribution in [3.05, 3.63) is 48.3 Å². The number of nitrogens with one attached hydrogen (secondary N) is 2. The second-order valence-electron chi connectivity index (χ2n) is 8.50. The van der Waals surface area contributed by atoms with Crippen molar-refractivity contribution in [3.8, 4) is 0 Å². The zero-order valence-corrected chi connectivity index (χ0v) is 17.8. The zero-order valence-electron chi connectivity index (χ0n) is 17.8. The number of nitrogens with zero attached hydrogens (tertiary/aromatic N) is 3. The number of carbonyl (C=O) groups excluding carboxylic acids is 3. The third-order valence-corrected chi connectivity index (χ3v) is 6.21. The molecule has 2 unspecified atom stereocenters. The minimum absolute atomic E-state index is 0.0178. The van der Waals surface area contributed by atoms with Gasteiger partial charge in [-0.25, -0.2) is 0 Å². The topological polar surface area (TPSA) is 96.3 Å². The molecule has 4 rings (SSSR count). The zero-order chi connectivity index (χ0) is 21.8. The molecule has 2 aromatic rings. The average Bonchev–Trinajstić information content (AvgIpc) is 3.50. The van der Waals surface area contributed by atoms with Crippen LogP contribution in [-0.4, -0.2) is 45.0 Å². The molecule has 1 aromatic carbocycles. The lowest BCUT2D eigenvalue weighted by atomic mass is 10.1. The smallest absolute Gasteiger partial charge is 0.241 e. The van der Waals surface area contributed by atoms with E-state index in [9.17, 15) is 14.4 Å². The normalized spacial score (nSPS) is 20.1. The van der Waals surface area contributed by atoms with E-state index in [-0.39, 0.29) is 42.8 Å². The summed E-state index contributed by atoms with van der Waals surface area (Å²) in [5.41, 5.74) is 1.58. The first-order valence-corrected chi connectivity index (χ1v) is 11.0. The summed E-state index contributed by atoms with van der Waals surface area (Å²) in [6.45, 7) is 2.49. The fraction of sp³-hybridized carbons (Fsp3) is 0.478. The first-order chi connectivity index (χ1) is 15.0. The second-order valence-corrected chi connectivity index (χ2v) is 8.50. The van der Waals surface area contributed by atoms with Crippen molar-refractivity contribution in [2.75, 3.05) is 11.9 Å². The van der Waals surface area contributed by atoms with Crippen LogP contribution in [0.15, 0.2) is 42.7 Å². The first kappa shape index (κ1) is 21.1. The molecular weight excluding hydrogens is 394 g/mol. The molecular formula is C23H29N5O3. The molecule has 2 atom stereocenters. The summed E-state index contributed by atoms with van der Waals surface area (Å²) in [6.07, 6.45) is 7.76. The van der Waals surface area contributed by atoms with Crippen molar-refractivity contribution >= 4 is 23.4 Å². The molecule has 0 bridgehead atoms. The molecule has 0 radical (unpaired) electrons. The predicted octanol–water partition coefficient (Wildman–Crippen LogP) is 2.49. The molecule has 1 aliphatic heterocycles. The molecule has 31 heavy (non-hydrogen) atoms. The van der Waals surface area contributed by atoms with Crippen LogP contribution in [0.25, 0.3) is 0 Å². The lowest BCUT2D eigenvalue weighted by Gasteiger charge is -2.25. The van der Waals surface area contributed by atoms with Crippen LogP contribution in [0.5, 0.6) is 0 Å². The van der Waals surface area contributed by atoms with Crippen molar-refractivity contribution in [2.24, 2.45) is 5.92 Å². The van der Waals surface area contributed by atoms with Crippen molar-refractivity contribution < 1.29 is 14.4 Å². The van der Waals surface area contributed by atoms with Gasteiger partial charge in [0.2, 0.25) is 17.7 Å². The number of anilines is 1. The third kappa shape index (κ3) is 5.13. The summed E-state index contributed by atoms with van der Waals surface area (Å²) in [5, 5.41) is 10.0. The fourth-order valence-electron chi connectivity index (χ4n) is 4.44. The lowest BCUT2D eigenvalue weighted by molar-refractivity contribution is -0.130. The average molecular weight is 424 g/mol. The quantitative estimate of drug-likeness (QED) is 0.715. The Morgan fingerprint density at radius 3 is 2.68 bits per heavy atom. The maximum absolute atomic E-state index is 12.7. The van der Waals surface area contributed by atoms with Gasteiger partial charge in [0.15, 0.2) is 0 Å². The fourth-order valence-corrected chi connectivity index (χ4v) is 4.44. The maximum Gasteiger partial charge on any atom is 0.241 e. The molecule has 164 valence electrons. The van der Waals surface area contributed by atoms with Gasteiger partial charge < -0.3 is 15.5 Å². The molecule has 1 aromatic heterocycles. The Bertz CT molecular complexity index is 936. The Labute approximate surface area is 182 Å². The van der Waals surface area contributed by atoms with Crippen molar-refractivity contribution in [1.29, 1.82) is 0 Å². The molecule has 1 aliphatic carbocycles. The van der Waals surface area contributed by atoms with E-state index < -0.39 is 5.92 Å². The van der Waals surface area contributed by atoms with Crippen molar-refractivity contribution in [3.63, 3.8) is 0 Å². The molecule has 8 heteroatoms. The van der Waals surface area contributed by atoms with Gasteiger partial charge >= 0.3 is 0 Å². The Morgan fingerprint density at radius 2 is 1.94 bits per heavy atom. The third-order valence-electron chi connectivity index (χ3n) is 6.21. The minimum Gasteiger partial charge on any atom is -0.352 e. The van der Waals surface area contributed by atoms with E-state index in [0.29, 0.717) is 12.2 Å². The van der Waals surface area contributed by atoms with E-state index in [0.717, 1.165) is 31.2 Å². The number of carbonyl (C=O) groups is 3. The van der Waals surface area contributed by atoms with Crippen LogP contribution >= 0.6 is 0 Å². The second kappa shape index (κ2) is 9.32. The minimum atomic E-state index is -0.410. The van der Waals surface area contributed by atoms with Crippen LogP contribution in [-0.2, 0) is 20.9 Å². The van der Waals surface area contributed by atoms with E-state index in [1.54, 1.807) is 11.1 Å². The Morgan fingerprint density at radius 1 is 1.19 bits per heavy atom. The highest BCUT2D eigenvalue weighted by Gasteiger charge is 2.37. The number of likely N-dealkylation sites (tertiary alicyclic amines) is 1. The standard InChI is InChI=1S/C23H29N5O3/c1-16(17-7-3-2-4-8-17)28-13-18(11-22(28)30)23(31)26-20-12-24-27(14-20)15-21(29)25-19-9-5-6-10-19/h2-4,7-8,12,14,16,18-19H,5-6,9-11,13,15H2,1H3,(H,25,29)(H,26,31). The van der Waals surface area contributed by atoms with Gasteiger partial charge in [-0.3, -0.25) is 19.1 Å². The van der Waals surface area contributed by atoms with Crippen LogP contribution in [0.3, 0.4) is 0 Å². The molecule has 1 saturated carbocycles. The molecule has 2 fully saturated rings. The highest BCUT2D eigenvalue weighted by molar-refractivity contribution is 5.97. The van der Waals surface area contributed by atoms with Gasteiger partial charge in [0, 0.05) is 25.2 Å². The van der Waals surface area contributed by atoms with E-state index in [2.05, 4.69) is 15.7 Å². The van der Waals surface area contributed by atoms with Gasteiger partial charge in [0.25, 0.3) is 0 Å².